The fourth-order valence-electron chi connectivity index (χ4n) is 6.43. The largest absolute Gasteiger partial charge is 0.457 e. The van der Waals surface area contributed by atoms with E-state index in [0.717, 1.165) is 43.1 Å². The van der Waals surface area contributed by atoms with Crippen molar-refractivity contribution in [2.75, 3.05) is 19.8 Å². The smallest absolute Gasteiger partial charge is 0.410 e. The average molecular weight is 540 g/mol. The van der Waals surface area contributed by atoms with E-state index in [4.69, 9.17) is 18.6 Å². The number of carbonyl (C=O) groups excluding carboxylic acids is 3. The summed E-state index contributed by atoms with van der Waals surface area (Å²) >= 11 is 0. The molecule has 3 aliphatic rings. The molecule has 212 valence electrons. The van der Waals surface area contributed by atoms with Crippen LogP contribution in [0.5, 0.6) is 0 Å². The zero-order valence-corrected chi connectivity index (χ0v) is 23.4. The predicted octanol–water partition coefficient (Wildman–Crippen LogP) is 6.09. The number of Topliss-reactive ketones (excluding diaryl/α,β-unsaturated/α-hetero) is 1. The molecule has 3 atom stereocenters. The molecule has 5 rings (SSSR count). The van der Waals surface area contributed by atoms with Crippen LogP contribution >= 0.6 is 0 Å². The number of benzene rings is 1. The number of ether oxygens (including phenoxy) is 3. The van der Waals surface area contributed by atoms with E-state index < -0.39 is 23.7 Å². The highest BCUT2D eigenvalue weighted by molar-refractivity contribution is 5.94. The lowest BCUT2D eigenvalue weighted by atomic mass is 9.75. The first kappa shape index (κ1) is 27.7. The first-order valence-electron chi connectivity index (χ1n) is 14.5. The fraction of sp³-hybridized carbons (Fsp3) is 0.645. The van der Waals surface area contributed by atoms with Crippen molar-refractivity contribution in [1.82, 2.24) is 4.90 Å². The lowest BCUT2D eigenvalue weighted by Crippen LogP contribution is -2.47. The van der Waals surface area contributed by atoms with Gasteiger partial charge in [0.15, 0.2) is 5.78 Å². The van der Waals surface area contributed by atoms with Crippen molar-refractivity contribution < 1.29 is 33.0 Å². The van der Waals surface area contributed by atoms with Gasteiger partial charge in [-0.05, 0) is 75.6 Å². The van der Waals surface area contributed by atoms with E-state index in [-0.39, 0.29) is 36.6 Å². The Kier molecular flexibility index (Phi) is 8.31. The maximum Gasteiger partial charge on any atom is 0.410 e. The number of hydrogen-bond donors (Lipinski definition) is 0. The molecule has 39 heavy (non-hydrogen) atoms. The van der Waals surface area contributed by atoms with Crippen LogP contribution in [0.15, 0.2) is 28.7 Å². The highest BCUT2D eigenvalue weighted by Gasteiger charge is 2.46. The van der Waals surface area contributed by atoms with Gasteiger partial charge in [0.1, 0.15) is 17.8 Å². The first-order valence-corrected chi connectivity index (χ1v) is 14.5. The first-order chi connectivity index (χ1) is 18.7. The summed E-state index contributed by atoms with van der Waals surface area (Å²) in [6.45, 7) is 7.01. The lowest BCUT2D eigenvalue weighted by Gasteiger charge is -2.34. The standard InChI is InChI=1S/C31H41NO7/c1-31(2,3)39-30(35)32-14-13-24(21-8-5-4-6-9-21)28(32)25(33)17-20-11-12-26-22(16-20)18-27(38-26)29(34)37-19-23-10-7-15-36-23/h11-12,16,18,21,23-24,28H,4-10,13-15,17,19H2,1-3H3/t23?,24-,28-/m0/s1. The highest BCUT2D eigenvalue weighted by Crippen LogP contribution is 2.40. The quantitative estimate of drug-likeness (QED) is 0.393. The molecule has 2 aliphatic heterocycles. The second-order valence-electron chi connectivity index (χ2n) is 12.3. The Hall–Kier alpha value is -2.87. The molecule has 1 amide bonds. The van der Waals surface area contributed by atoms with E-state index in [9.17, 15) is 14.4 Å². The number of nitrogens with zero attached hydrogens (tertiary/aromatic N) is 1. The van der Waals surface area contributed by atoms with Crippen LogP contribution in [-0.4, -0.2) is 60.3 Å². The number of rotatable bonds is 7. The minimum absolute atomic E-state index is 0.0352. The van der Waals surface area contributed by atoms with Gasteiger partial charge >= 0.3 is 12.1 Å². The normalized spacial score (nSPS) is 24.3. The van der Waals surface area contributed by atoms with Crippen molar-refractivity contribution in [3.8, 4) is 0 Å². The molecule has 1 aromatic carbocycles. The van der Waals surface area contributed by atoms with E-state index in [1.54, 1.807) is 17.0 Å². The molecule has 1 aromatic heterocycles. The number of fused-ring (bicyclic) bond motifs is 1. The molecule has 0 radical (unpaired) electrons. The van der Waals surface area contributed by atoms with Crippen LogP contribution in [-0.2, 0) is 25.4 Å². The number of esters is 1. The van der Waals surface area contributed by atoms with Gasteiger partial charge in [0.25, 0.3) is 0 Å². The molecule has 8 nitrogen and oxygen atoms in total. The van der Waals surface area contributed by atoms with Gasteiger partial charge in [-0.25, -0.2) is 9.59 Å². The molecular formula is C31H41NO7. The number of ketones is 1. The van der Waals surface area contributed by atoms with Gasteiger partial charge in [-0.2, -0.15) is 0 Å². The van der Waals surface area contributed by atoms with Crippen LogP contribution in [0.2, 0.25) is 0 Å². The van der Waals surface area contributed by atoms with Crippen molar-refractivity contribution in [2.24, 2.45) is 11.8 Å². The van der Waals surface area contributed by atoms with Gasteiger partial charge in [-0.15, -0.1) is 0 Å². The molecule has 2 saturated heterocycles. The van der Waals surface area contributed by atoms with Gasteiger partial charge in [-0.3, -0.25) is 9.69 Å². The van der Waals surface area contributed by atoms with Crippen molar-refractivity contribution in [3.05, 3.63) is 35.6 Å². The molecule has 2 aromatic rings. The molecule has 1 unspecified atom stereocenters. The third kappa shape index (κ3) is 6.65. The van der Waals surface area contributed by atoms with Crippen LogP contribution in [0.4, 0.5) is 4.79 Å². The van der Waals surface area contributed by atoms with Crippen LogP contribution in [0.1, 0.15) is 88.3 Å². The van der Waals surface area contributed by atoms with Crippen molar-refractivity contribution in [1.29, 1.82) is 0 Å². The summed E-state index contributed by atoms with van der Waals surface area (Å²) < 4.78 is 22.3. The summed E-state index contributed by atoms with van der Waals surface area (Å²) in [6.07, 6.45) is 8.28. The maximum atomic E-state index is 13.8. The lowest BCUT2D eigenvalue weighted by molar-refractivity contribution is -0.124. The molecule has 0 spiro atoms. The predicted molar refractivity (Wildman–Crippen MR) is 146 cm³/mol. The van der Waals surface area contributed by atoms with Gasteiger partial charge < -0.3 is 18.6 Å². The Morgan fingerprint density at radius 1 is 1.00 bits per heavy atom. The SMILES string of the molecule is CC(C)(C)OC(=O)N1CC[C@@H](C2CCCCC2)[C@H]1C(=O)Cc1ccc2oc(C(=O)OCC3CCCO3)cc2c1. The van der Waals surface area contributed by atoms with Crippen molar-refractivity contribution in [2.45, 2.75) is 96.3 Å². The minimum atomic E-state index is -0.622. The van der Waals surface area contributed by atoms with E-state index in [1.165, 1.54) is 19.3 Å². The average Bonchev–Trinajstić information content (AvgIpc) is 3.66. The van der Waals surface area contributed by atoms with Crippen LogP contribution < -0.4 is 0 Å². The number of furan rings is 1. The van der Waals surface area contributed by atoms with Crippen LogP contribution in [0, 0.1) is 11.8 Å². The third-order valence-corrected chi connectivity index (χ3v) is 8.24. The monoisotopic (exact) mass is 539 g/mol. The molecular weight excluding hydrogens is 498 g/mol. The molecule has 1 saturated carbocycles. The summed E-state index contributed by atoms with van der Waals surface area (Å²) in [4.78, 5) is 41.2. The fourth-order valence-corrected chi connectivity index (χ4v) is 6.43. The molecule has 0 bridgehead atoms. The third-order valence-electron chi connectivity index (χ3n) is 8.24. The van der Waals surface area contributed by atoms with Crippen molar-refractivity contribution >= 4 is 28.8 Å². The minimum Gasteiger partial charge on any atom is -0.457 e. The molecule has 0 N–H and O–H groups in total. The number of carbonyl (C=O) groups is 3. The van der Waals surface area contributed by atoms with Crippen molar-refractivity contribution in [3.63, 3.8) is 0 Å². The van der Waals surface area contributed by atoms with Gasteiger partial charge in [0.2, 0.25) is 5.76 Å². The van der Waals surface area contributed by atoms with E-state index in [0.29, 0.717) is 24.7 Å². The summed E-state index contributed by atoms with van der Waals surface area (Å²) in [6, 6.07) is 6.71. The second kappa shape index (κ2) is 11.7. The van der Waals surface area contributed by atoms with E-state index >= 15 is 0 Å². The Balaban J connectivity index is 1.30. The van der Waals surface area contributed by atoms with E-state index in [1.807, 2.05) is 32.9 Å². The Labute approximate surface area is 230 Å². The molecule has 3 heterocycles. The van der Waals surface area contributed by atoms with Gasteiger partial charge in [-0.1, -0.05) is 38.2 Å². The topological polar surface area (TPSA) is 95.3 Å². The Morgan fingerprint density at radius 3 is 2.51 bits per heavy atom. The van der Waals surface area contributed by atoms with Crippen LogP contribution in [0.3, 0.4) is 0 Å². The Morgan fingerprint density at radius 2 is 1.79 bits per heavy atom. The number of amides is 1. The maximum absolute atomic E-state index is 13.8. The Bertz CT molecular complexity index is 1180. The van der Waals surface area contributed by atoms with E-state index in [2.05, 4.69) is 0 Å². The second-order valence-corrected chi connectivity index (χ2v) is 12.3. The van der Waals surface area contributed by atoms with Gasteiger partial charge in [0.05, 0.1) is 12.1 Å². The zero-order chi connectivity index (χ0) is 27.6. The zero-order valence-electron chi connectivity index (χ0n) is 23.4. The molecule has 8 heteroatoms. The molecule has 1 aliphatic carbocycles. The molecule has 3 fully saturated rings. The summed E-state index contributed by atoms with van der Waals surface area (Å²) in [5.41, 5.74) is 0.765. The van der Waals surface area contributed by atoms with Gasteiger partial charge in [0, 0.05) is 25.0 Å². The summed E-state index contributed by atoms with van der Waals surface area (Å²) in [5, 5.41) is 0.739. The number of likely N-dealkylation sites (tertiary alicyclic amines) is 1. The van der Waals surface area contributed by atoms with Crippen LogP contribution in [0.25, 0.3) is 11.0 Å². The number of hydrogen-bond acceptors (Lipinski definition) is 7. The highest BCUT2D eigenvalue weighted by atomic mass is 16.6. The summed E-state index contributed by atoms with van der Waals surface area (Å²) in [7, 11) is 0. The summed E-state index contributed by atoms with van der Waals surface area (Å²) in [5.74, 6) is 0.269.